The minimum Gasteiger partial charge on any atom is -0.306 e. The van der Waals surface area contributed by atoms with E-state index in [1.807, 2.05) is 30.3 Å². The van der Waals surface area contributed by atoms with Crippen molar-refractivity contribution >= 4 is 10.8 Å². The molecule has 0 aliphatic rings. The Kier molecular flexibility index (Phi) is 5.52. The zero-order chi connectivity index (χ0) is 19.2. The summed E-state index contributed by atoms with van der Waals surface area (Å²) in [5.41, 5.74) is 4.65. The van der Waals surface area contributed by atoms with Gasteiger partial charge >= 0.3 is 0 Å². The molecule has 0 amide bonds. The second-order valence-corrected chi connectivity index (χ2v) is 6.99. The molecule has 0 spiro atoms. The van der Waals surface area contributed by atoms with E-state index in [0.29, 0.717) is 0 Å². The fourth-order valence-corrected chi connectivity index (χ4v) is 3.43. The Morgan fingerprint density at radius 3 is 2.29 bits per heavy atom. The molecule has 1 atom stereocenters. The molecular weight excluding hydrogens is 338 g/mol. The molecule has 28 heavy (non-hydrogen) atoms. The van der Waals surface area contributed by atoms with Crippen LogP contribution in [0.2, 0.25) is 0 Å². The third kappa shape index (κ3) is 4.31. The highest BCUT2D eigenvalue weighted by Gasteiger charge is 2.08. The maximum Gasteiger partial charge on any atom is 0.0301 e. The minimum absolute atomic E-state index is 0.269. The fourth-order valence-electron chi connectivity index (χ4n) is 3.43. The van der Waals surface area contributed by atoms with Crippen LogP contribution in [0, 0.1) is 11.8 Å². The Morgan fingerprint density at radius 2 is 1.39 bits per heavy atom. The van der Waals surface area contributed by atoms with E-state index in [2.05, 4.69) is 90.8 Å². The van der Waals surface area contributed by atoms with Gasteiger partial charge in [-0.25, -0.2) is 0 Å². The van der Waals surface area contributed by atoms with Gasteiger partial charge in [0.25, 0.3) is 0 Å². The number of benzene rings is 4. The Morgan fingerprint density at radius 1 is 0.714 bits per heavy atom. The number of fused-ring (bicyclic) bond motifs is 1. The van der Waals surface area contributed by atoms with Crippen molar-refractivity contribution in [3.63, 3.8) is 0 Å². The summed E-state index contributed by atoms with van der Waals surface area (Å²) in [4.78, 5) is 0. The van der Waals surface area contributed by atoms with Gasteiger partial charge in [-0.1, -0.05) is 84.6 Å². The smallest absolute Gasteiger partial charge is 0.0301 e. The molecule has 0 saturated heterocycles. The first-order chi connectivity index (χ1) is 13.8. The van der Waals surface area contributed by atoms with Gasteiger partial charge in [-0.15, -0.1) is 0 Å². The number of nitrogens with one attached hydrogen (secondary N) is 1. The summed E-state index contributed by atoms with van der Waals surface area (Å²) >= 11 is 0. The average molecular weight is 361 g/mol. The Bertz CT molecular complexity index is 1130. The van der Waals surface area contributed by atoms with Crippen LogP contribution in [-0.4, -0.2) is 0 Å². The van der Waals surface area contributed by atoms with Gasteiger partial charge in [0.05, 0.1) is 0 Å². The first-order valence-corrected chi connectivity index (χ1v) is 9.67. The van der Waals surface area contributed by atoms with Gasteiger partial charge < -0.3 is 5.32 Å². The molecule has 0 heterocycles. The molecule has 4 rings (SSSR count). The third-order valence-electron chi connectivity index (χ3n) is 4.95. The van der Waals surface area contributed by atoms with Crippen LogP contribution in [0.5, 0.6) is 0 Å². The Labute approximate surface area is 167 Å². The summed E-state index contributed by atoms with van der Waals surface area (Å²) in [6.45, 7) is 3.03. The van der Waals surface area contributed by atoms with Crippen molar-refractivity contribution in [3.8, 4) is 11.8 Å². The van der Waals surface area contributed by atoms with Crippen LogP contribution in [0.25, 0.3) is 10.8 Å². The Balaban J connectivity index is 1.47. The SMILES string of the molecule is CC(NCc1cccc(C#Cc2ccccc2)c1)c1cccc2ccccc12. The molecule has 0 radical (unpaired) electrons. The van der Waals surface area contributed by atoms with Crippen LogP contribution in [0.4, 0.5) is 0 Å². The van der Waals surface area contributed by atoms with E-state index in [4.69, 9.17) is 0 Å². The molecule has 136 valence electrons. The monoisotopic (exact) mass is 361 g/mol. The van der Waals surface area contributed by atoms with Crippen molar-refractivity contribution in [2.75, 3.05) is 0 Å². The van der Waals surface area contributed by atoms with Crippen LogP contribution in [0.1, 0.15) is 35.2 Å². The van der Waals surface area contributed by atoms with Crippen molar-refractivity contribution in [1.29, 1.82) is 0 Å². The molecule has 0 aliphatic heterocycles. The minimum atomic E-state index is 0.269. The lowest BCUT2D eigenvalue weighted by Crippen LogP contribution is -2.18. The summed E-state index contributed by atoms with van der Waals surface area (Å²) in [5.74, 6) is 6.50. The van der Waals surface area contributed by atoms with Crippen LogP contribution in [0.3, 0.4) is 0 Å². The Hall–Kier alpha value is -3.34. The average Bonchev–Trinajstić information content (AvgIpc) is 2.77. The lowest BCUT2D eigenvalue weighted by molar-refractivity contribution is 0.578. The second-order valence-electron chi connectivity index (χ2n) is 6.99. The summed E-state index contributed by atoms with van der Waals surface area (Å²) in [5, 5.41) is 6.26. The molecule has 1 heteroatoms. The van der Waals surface area contributed by atoms with E-state index >= 15 is 0 Å². The second kappa shape index (κ2) is 8.57. The molecule has 0 fully saturated rings. The zero-order valence-corrected chi connectivity index (χ0v) is 16.0. The van der Waals surface area contributed by atoms with E-state index in [-0.39, 0.29) is 6.04 Å². The number of rotatable bonds is 4. The molecule has 4 aromatic carbocycles. The van der Waals surface area contributed by atoms with Crippen molar-refractivity contribution in [1.82, 2.24) is 5.32 Å². The normalized spacial score (nSPS) is 11.6. The van der Waals surface area contributed by atoms with Gasteiger partial charge in [0.2, 0.25) is 0 Å². The molecule has 1 N–H and O–H groups in total. The number of hydrogen-bond acceptors (Lipinski definition) is 1. The molecule has 1 unspecified atom stereocenters. The lowest BCUT2D eigenvalue weighted by Gasteiger charge is -2.17. The predicted octanol–water partition coefficient (Wildman–Crippen LogP) is 6.09. The van der Waals surface area contributed by atoms with Crippen molar-refractivity contribution in [2.45, 2.75) is 19.5 Å². The summed E-state index contributed by atoms with van der Waals surface area (Å²) < 4.78 is 0. The quantitative estimate of drug-likeness (QED) is 0.434. The van der Waals surface area contributed by atoms with Gasteiger partial charge in [-0.05, 0) is 53.1 Å². The van der Waals surface area contributed by atoms with Gasteiger partial charge in [-0.3, -0.25) is 0 Å². The van der Waals surface area contributed by atoms with Crippen LogP contribution in [-0.2, 0) is 6.54 Å². The highest BCUT2D eigenvalue weighted by molar-refractivity contribution is 5.86. The molecule has 4 aromatic rings. The maximum absolute atomic E-state index is 3.66. The van der Waals surface area contributed by atoms with Gasteiger partial charge in [0.15, 0.2) is 0 Å². The van der Waals surface area contributed by atoms with E-state index < -0.39 is 0 Å². The van der Waals surface area contributed by atoms with E-state index in [1.54, 1.807) is 0 Å². The number of hydrogen-bond donors (Lipinski definition) is 1. The van der Waals surface area contributed by atoms with Gasteiger partial charge in [0.1, 0.15) is 0 Å². The predicted molar refractivity (Wildman–Crippen MR) is 118 cm³/mol. The third-order valence-corrected chi connectivity index (χ3v) is 4.95. The van der Waals surface area contributed by atoms with E-state index in [0.717, 1.165) is 17.7 Å². The van der Waals surface area contributed by atoms with Crippen molar-refractivity contribution in [3.05, 3.63) is 119 Å². The van der Waals surface area contributed by atoms with Crippen LogP contribution < -0.4 is 5.32 Å². The van der Waals surface area contributed by atoms with Crippen molar-refractivity contribution < 1.29 is 0 Å². The highest BCUT2D eigenvalue weighted by Crippen LogP contribution is 2.24. The highest BCUT2D eigenvalue weighted by atomic mass is 14.9. The molecule has 1 nitrogen and oxygen atoms in total. The zero-order valence-electron chi connectivity index (χ0n) is 16.0. The largest absolute Gasteiger partial charge is 0.306 e. The summed E-state index contributed by atoms with van der Waals surface area (Å²) in [6, 6.07) is 33.9. The van der Waals surface area contributed by atoms with Crippen molar-refractivity contribution in [2.24, 2.45) is 0 Å². The first kappa shape index (κ1) is 18.0. The molecule has 0 bridgehead atoms. The van der Waals surface area contributed by atoms with Crippen LogP contribution in [0.15, 0.2) is 97.1 Å². The van der Waals surface area contributed by atoms with E-state index in [9.17, 15) is 0 Å². The van der Waals surface area contributed by atoms with Gasteiger partial charge in [-0.2, -0.15) is 0 Å². The van der Waals surface area contributed by atoms with Gasteiger partial charge in [0, 0.05) is 23.7 Å². The fraction of sp³-hybridized carbons (Fsp3) is 0.111. The maximum atomic E-state index is 3.66. The summed E-state index contributed by atoms with van der Waals surface area (Å²) in [6.07, 6.45) is 0. The standard InChI is InChI=1S/C27H23N/c1-21(26-16-8-14-25-13-5-6-15-27(25)26)28-20-24-12-7-11-23(19-24)18-17-22-9-3-2-4-10-22/h2-16,19,21,28H,20H2,1H3. The topological polar surface area (TPSA) is 12.0 Å². The van der Waals surface area contributed by atoms with Crippen LogP contribution >= 0.6 is 0 Å². The first-order valence-electron chi connectivity index (χ1n) is 9.67. The lowest BCUT2D eigenvalue weighted by atomic mass is 9.99. The van der Waals surface area contributed by atoms with E-state index in [1.165, 1.54) is 21.9 Å². The molecular formula is C27H23N. The molecule has 0 aliphatic carbocycles. The molecule has 0 aromatic heterocycles. The molecule has 0 saturated carbocycles. The summed E-state index contributed by atoms with van der Waals surface area (Å²) in [7, 11) is 0.